The van der Waals surface area contributed by atoms with Crippen LogP contribution in [-0.4, -0.2) is 15.0 Å². The fraction of sp³-hybridized carbons (Fsp3) is 0.143. The topological polar surface area (TPSA) is 55.9 Å². The quantitative estimate of drug-likeness (QED) is 0.777. The molecule has 96 valence electrons. The molecular formula is C14H14N4O. The summed E-state index contributed by atoms with van der Waals surface area (Å²) in [4.78, 5) is 1.58. The Kier molecular flexibility index (Phi) is 3.02. The summed E-state index contributed by atoms with van der Waals surface area (Å²) in [5.74, 6) is 0.915. The minimum Gasteiger partial charge on any atom is -0.467 e. The highest BCUT2D eigenvalue weighted by Gasteiger charge is 2.07. The van der Waals surface area contributed by atoms with Crippen molar-refractivity contribution in [2.24, 2.45) is 0 Å². The summed E-state index contributed by atoms with van der Waals surface area (Å²) >= 11 is 0. The normalized spacial score (nSPS) is 12.3. The highest BCUT2D eigenvalue weighted by molar-refractivity contribution is 5.49. The first-order valence-electron chi connectivity index (χ1n) is 6.09. The lowest BCUT2D eigenvalue weighted by molar-refractivity contribution is 0.490. The van der Waals surface area contributed by atoms with Gasteiger partial charge in [0.15, 0.2) is 0 Å². The van der Waals surface area contributed by atoms with Crippen molar-refractivity contribution in [3.63, 3.8) is 0 Å². The van der Waals surface area contributed by atoms with Gasteiger partial charge in [0.05, 0.1) is 30.4 Å². The van der Waals surface area contributed by atoms with E-state index in [1.807, 2.05) is 36.4 Å². The minimum absolute atomic E-state index is 0.128. The van der Waals surface area contributed by atoms with Crippen LogP contribution in [0.3, 0.4) is 0 Å². The molecule has 0 fully saturated rings. The first-order valence-corrected chi connectivity index (χ1v) is 6.09. The van der Waals surface area contributed by atoms with Crippen molar-refractivity contribution < 1.29 is 4.42 Å². The Hall–Kier alpha value is -2.56. The van der Waals surface area contributed by atoms with E-state index >= 15 is 0 Å². The molecule has 0 aliphatic rings. The summed E-state index contributed by atoms with van der Waals surface area (Å²) in [6, 6.07) is 11.9. The Morgan fingerprint density at radius 1 is 1.11 bits per heavy atom. The summed E-state index contributed by atoms with van der Waals surface area (Å²) in [7, 11) is 0. The van der Waals surface area contributed by atoms with Gasteiger partial charge in [-0.2, -0.15) is 15.0 Å². The lowest BCUT2D eigenvalue weighted by atomic mass is 10.2. The van der Waals surface area contributed by atoms with Gasteiger partial charge in [0.1, 0.15) is 5.76 Å². The van der Waals surface area contributed by atoms with Crippen molar-refractivity contribution >= 4 is 5.69 Å². The summed E-state index contributed by atoms with van der Waals surface area (Å²) in [5, 5.41) is 11.5. The molecule has 5 heteroatoms. The lowest BCUT2D eigenvalue weighted by Crippen LogP contribution is -2.05. The molecule has 0 amide bonds. The van der Waals surface area contributed by atoms with E-state index < -0.39 is 0 Å². The standard InChI is InChI=1S/C14H14N4O/c1-11(14-3-2-10-19-14)17-12-4-6-13(7-5-12)18-15-8-9-16-18/h2-11,17H,1H3. The lowest BCUT2D eigenvalue weighted by Gasteiger charge is -2.13. The van der Waals surface area contributed by atoms with Gasteiger partial charge in [-0.25, -0.2) is 0 Å². The van der Waals surface area contributed by atoms with Gasteiger partial charge in [0.25, 0.3) is 0 Å². The predicted molar refractivity (Wildman–Crippen MR) is 72.1 cm³/mol. The van der Waals surface area contributed by atoms with Crippen LogP contribution in [-0.2, 0) is 0 Å². The molecule has 1 aromatic carbocycles. The van der Waals surface area contributed by atoms with Crippen LogP contribution in [0.15, 0.2) is 59.5 Å². The number of furan rings is 1. The highest BCUT2D eigenvalue weighted by atomic mass is 16.3. The first-order chi connectivity index (χ1) is 9.33. The van der Waals surface area contributed by atoms with E-state index in [1.165, 1.54) is 0 Å². The molecular weight excluding hydrogens is 240 g/mol. The van der Waals surface area contributed by atoms with Gasteiger partial charge in [0.2, 0.25) is 0 Å². The number of anilines is 1. The van der Waals surface area contributed by atoms with Gasteiger partial charge in [0, 0.05) is 5.69 Å². The number of nitrogens with one attached hydrogen (secondary N) is 1. The van der Waals surface area contributed by atoms with Crippen molar-refractivity contribution in [3.8, 4) is 5.69 Å². The largest absolute Gasteiger partial charge is 0.467 e. The van der Waals surface area contributed by atoms with Crippen LogP contribution in [0, 0.1) is 0 Å². The summed E-state index contributed by atoms with van der Waals surface area (Å²) < 4.78 is 5.36. The zero-order chi connectivity index (χ0) is 13.1. The fourth-order valence-corrected chi connectivity index (χ4v) is 1.90. The minimum atomic E-state index is 0.128. The van der Waals surface area contributed by atoms with Crippen LogP contribution in [0.25, 0.3) is 5.69 Å². The fourth-order valence-electron chi connectivity index (χ4n) is 1.90. The number of benzene rings is 1. The van der Waals surface area contributed by atoms with Crippen LogP contribution in [0.1, 0.15) is 18.7 Å². The van der Waals surface area contributed by atoms with Gasteiger partial charge in [-0.1, -0.05) is 0 Å². The van der Waals surface area contributed by atoms with Crippen molar-refractivity contribution in [2.45, 2.75) is 13.0 Å². The molecule has 2 aromatic heterocycles. The average Bonchev–Trinajstić information content (AvgIpc) is 3.13. The molecule has 0 radical (unpaired) electrons. The third-order valence-corrected chi connectivity index (χ3v) is 2.87. The maximum Gasteiger partial charge on any atom is 0.125 e. The van der Waals surface area contributed by atoms with Crippen LogP contribution in [0.4, 0.5) is 5.69 Å². The molecule has 3 rings (SSSR count). The summed E-state index contributed by atoms with van der Waals surface area (Å²) in [6.07, 6.45) is 5.00. The molecule has 0 aliphatic carbocycles. The average molecular weight is 254 g/mol. The number of aromatic nitrogens is 3. The smallest absolute Gasteiger partial charge is 0.125 e. The second-order valence-electron chi connectivity index (χ2n) is 4.25. The van der Waals surface area contributed by atoms with Crippen molar-refractivity contribution in [3.05, 3.63) is 60.8 Å². The van der Waals surface area contributed by atoms with Crippen molar-refractivity contribution in [1.82, 2.24) is 15.0 Å². The Balaban J connectivity index is 1.73. The number of hydrogen-bond acceptors (Lipinski definition) is 4. The third-order valence-electron chi connectivity index (χ3n) is 2.87. The third kappa shape index (κ3) is 2.49. The molecule has 5 nitrogen and oxygen atoms in total. The highest BCUT2D eigenvalue weighted by Crippen LogP contribution is 2.20. The monoisotopic (exact) mass is 254 g/mol. The number of nitrogens with zero attached hydrogens (tertiary/aromatic N) is 3. The van der Waals surface area contributed by atoms with E-state index in [4.69, 9.17) is 4.42 Å². The van der Waals surface area contributed by atoms with Crippen LogP contribution in [0.5, 0.6) is 0 Å². The number of rotatable bonds is 4. The van der Waals surface area contributed by atoms with Gasteiger partial charge in [-0.15, -0.1) is 0 Å². The second kappa shape index (κ2) is 4.97. The second-order valence-corrected chi connectivity index (χ2v) is 4.25. The maximum atomic E-state index is 5.36. The summed E-state index contributed by atoms with van der Waals surface area (Å²) in [5.41, 5.74) is 1.96. The summed E-state index contributed by atoms with van der Waals surface area (Å²) in [6.45, 7) is 2.06. The molecule has 19 heavy (non-hydrogen) atoms. The van der Waals surface area contributed by atoms with Gasteiger partial charge >= 0.3 is 0 Å². The van der Waals surface area contributed by atoms with E-state index in [0.717, 1.165) is 17.1 Å². The zero-order valence-electron chi connectivity index (χ0n) is 10.5. The number of hydrogen-bond donors (Lipinski definition) is 1. The molecule has 0 saturated heterocycles. The van der Waals surface area contributed by atoms with E-state index in [0.29, 0.717) is 0 Å². The van der Waals surface area contributed by atoms with Gasteiger partial charge in [-0.05, 0) is 43.3 Å². The molecule has 0 spiro atoms. The first kappa shape index (κ1) is 11.5. The molecule has 0 bridgehead atoms. The Morgan fingerprint density at radius 2 is 1.84 bits per heavy atom. The van der Waals surface area contributed by atoms with Crippen molar-refractivity contribution in [2.75, 3.05) is 5.32 Å². The molecule has 1 unspecified atom stereocenters. The molecule has 0 saturated carbocycles. The SMILES string of the molecule is CC(Nc1ccc(-n2nccn2)cc1)c1ccco1. The predicted octanol–water partition coefficient (Wildman–Crippen LogP) is 3.03. The Labute approximate surface area is 110 Å². The molecule has 0 aliphatic heterocycles. The molecule has 3 aromatic rings. The zero-order valence-corrected chi connectivity index (χ0v) is 10.5. The van der Waals surface area contributed by atoms with Crippen LogP contribution >= 0.6 is 0 Å². The molecule has 2 heterocycles. The van der Waals surface area contributed by atoms with Gasteiger partial charge < -0.3 is 9.73 Å². The Bertz CT molecular complexity index is 614. The van der Waals surface area contributed by atoms with Crippen molar-refractivity contribution in [1.29, 1.82) is 0 Å². The van der Waals surface area contributed by atoms with Crippen LogP contribution in [0.2, 0.25) is 0 Å². The molecule has 1 N–H and O–H groups in total. The van der Waals surface area contributed by atoms with E-state index in [1.54, 1.807) is 23.5 Å². The Morgan fingerprint density at radius 3 is 2.47 bits per heavy atom. The van der Waals surface area contributed by atoms with E-state index in [2.05, 4.69) is 22.4 Å². The molecule has 1 atom stereocenters. The van der Waals surface area contributed by atoms with E-state index in [9.17, 15) is 0 Å². The van der Waals surface area contributed by atoms with Crippen LogP contribution < -0.4 is 5.32 Å². The maximum absolute atomic E-state index is 5.36. The van der Waals surface area contributed by atoms with Gasteiger partial charge in [-0.3, -0.25) is 0 Å². The van der Waals surface area contributed by atoms with E-state index in [-0.39, 0.29) is 6.04 Å².